The number of aliphatic carboxylic acids is 1. The van der Waals surface area contributed by atoms with Gasteiger partial charge in [0.1, 0.15) is 11.9 Å². The highest BCUT2D eigenvalue weighted by Gasteiger charge is 2.22. The van der Waals surface area contributed by atoms with Crippen molar-refractivity contribution in [3.8, 4) is 5.75 Å². The number of nitrogens with one attached hydrogen (secondary N) is 2. The molecular weight excluding hydrogens is 313 g/mol. The second-order valence-corrected chi connectivity index (χ2v) is 5.86. The van der Waals surface area contributed by atoms with Crippen molar-refractivity contribution in [1.82, 2.24) is 15.3 Å². The summed E-state index contributed by atoms with van der Waals surface area (Å²) in [5.74, 6) is -0.865. The lowest BCUT2D eigenvalue weighted by Gasteiger charge is -2.15. The van der Waals surface area contributed by atoms with Crippen LogP contribution in [-0.2, 0) is 24.2 Å². The summed E-state index contributed by atoms with van der Waals surface area (Å²) < 4.78 is 18.7. The number of aromatic amines is 1. The molecule has 0 aliphatic heterocycles. The number of carboxylic acids is 1. The second-order valence-electron chi connectivity index (χ2n) is 5.86. The molecule has 1 heterocycles. The highest BCUT2D eigenvalue weighted by atomic mass is 19.1. The molecule has 0 saturated carbocycles. The van der Waals surface area contributed by atoms with Crippen LogP contribution in [0.15, 0.2) is 18.2 Å². The number of aryl methyl sites for hydroxylation is 2. The van der Waals surface area contributed by atoms with Gasteiger partial charge in [-0.3, -0.25) is 10.1 Å². The normalized spacial score (nSPS) is 14.9. The molecule has 0 amide bonds. The minimum Gasteiger partial charge on any atom is -0.494 e. The van der Waals surface area contributed by atoms with Crippen LogP contribution in [0, 0.1) is 5.82 Å². The van der Waals surface area contributed by atoms with E-state index in [1.165, 1.54) is 19.2 Å². The number of imidazole rings is 1. The quantitative estimate of drug-likeness (QED) is 0.755. The first-order valence-electron chi connectivity index (χ1n) is 7.94. The van der Waals surface area contributed by atoms with Crippen molar-refractivity contribution in [2.75, 3.05) is 7.11 Å². The number of halogens is 1. The molecule has 3 N–H and O–H groups in total. The number of ether oxygens (including phenoxy) is 1. The standard InChI is InChI=1S/C17H20FN3O3/c1-24-14-7-6-10(8-11(14)18)16(17(22)23)19-9-15-20-12-4-2-3-5-13(12)21-15/h6-8,16,19H,2-5,9H2,1H3,(H,20,21)(H,22,23). The molecule has 0 spiro atoms. The Balaban J connectivity index is 1.73. The SMILES string of the molecule is COc1ccc(C(NCc2nc3c([nH]2)CCCC3)C(=O)O)cc1F. The third kappa shape index (κ3) is 3.41. The molecule has 2 aromatic rings. The molecule has 6 nitrogen and oxygen atoms in total. The first-order chi connectivity index (χ1) is 11.6. The maximum Gasteiger partial charge on any atom is 0.325 e. The van der Waals surface area contributed by atoms with E-state index in [9.17, 15) is 14.3 Å². The molecule has 1 aliphatic rings. The predicted molar refractivity (Wildman–Crippen MR) is 85.4 cm³/mol. The van der Waals surface area contributed by atoms with Crippen LogP contribution in [0.3, 0.4) is 0 Å². The van der Waals surface area contributed by atoms with Crippen molar-refractivity contribution in [2.45, 2.75) is 38.3 Å². The molecule has 7 heteroatoms. The van der Waals surface area contributed by atoms with Gasteiger partial charge < -0.3 is 14.8 Å². The molecule has 1 unspecified atom stereocenters. The summed E-state index contributed by atoms with van der Waals surface area (Å²) in [5, 5.41) is 12.4. The lowest BCUT2D eigenvalue weighted by molar-refractivity contribution is -0.139. The molecule has 0 bridgehead atoms. The number of carboxylic acid groups (broad SMARTS) is 1. The number of rotatable bonds is 6. The van der Waals surface area contributed by atoms with E-state index in [0.29, 0.717) is 11.4 Å². The Kier molecular flexibility index (Phi) is 4.80. The lowest BCUT2D eigenvalue weighted by atomic mass is 10.0. The molecule has 128 valence electrons. The third-order valence-electron chi connectivity index (χ3n) is 4.23. The van der Waals surface area contributed by atoms with Gasteiger partial charge >= 0.3 is 5.97 Å². The molecule has 1 aromatic carbocycles. The Hall–Kier alpha value is -2.41. The van der Waals surface area contributed by atoms with Crippen LogP contribution in [-0.4, -0.2) is 28.2 Å². The topological polar surface area (TPSA) is 87.2 Å². The number of hydrogen-bond acceptors (Lipinski definition) is 4. The largest absolute Gasteiger partial charge is 0.494 e. The zero-order valence-electron chi connectivity index (χ0n) is 13.4. The van der Waals surface area contributed by atoms with Crippen molar-refractivity contribution in [3.63, 3.8) is 0 Å². The maximum atomic E-state index is 13.8. The molecule has 1 atom stereocenters. The number of hydrogen-bond donors (Lipinski definition) is 3. The van der Waals surface area contributed by atoms with Crippen LogP contribution in [0.25, 0.3) is 0 Å². The second kappa shape index (κ2) is 7.00. The first kappa shape index (κ1) is 16.4. The van der Waals surface area contributed by atoms with Crippen molar-refractivity contribution in [2.24, 2.45) is 0 Å². The zero-order valence-corrected chi connectivity index (χ0v) is 13.4. The fraction of sp³-hybridized carbons (Fsp3) is 0.412. The average molecular weight is 333 g/mol. The number of fused-ring (bicyclic) bond motifs is 1. The molecule has 0 radical (unpaired) electrons. The van der Waals surface area contributed by atoms with E-state index in [1.807, 2.05) is 0 Å². The average Bonchev–Trinajstić information content (AvgIpc) is 2.97. The third-order valence-corrected chi connectivity index (χ3v) is 4.23. The Morgan fingerprint density at radius 2 is 2.25 bits per heavy atom. The fourth-order valence-electron chi connectivity index (χ4n) is 3.00. The lowest BCUT2D eigenvalue weighted by Crippen LogP contribution is -2.28. The molecule has 24 heavy (non-hydrogen) atoms. The van der Waals surface area contributed by atoms with E-state index in [0.717, 1.165) is 37.1 Å². The highest BCUT2D eigenvalue weighted by molar-refractivity contribution is 5.75. The Bertz CT molecular complexity index is 721. The summed E-state index contributed by atoms with van der Waals surface area (Å²) in [5.41, 5.74) is 2.54. The molecular formula is C17H20FN3O3. The Morgan fingerprint density at radius 3 is 2.92 bits per heavy atom. The monoisotopic (exact) mass is 333 g/mol. The molecule has 3 rings (SSSR count). The summed E-state index contributed by atoms with van der Waals surface area (Å²) in [7, 11) is 1.36. The van der Waals surface area contributed by atoms with E-state index < -0.39 is 17.8 Å². The predicted octanol–water partition coefficient (Wildman–Crippen LogP) is 2.35. The van der Waals surface area contributed by atoms with Gasteiger partial charge in [0, 0.05) is 5.69 Å². The van der Waals surface area contributed by atoms with Gasteiger partial charge in [0.2, 0.25) is 0 Å². The molecule has 1 aromatic heterocycles. The number of carbonyl (C=O) groups is 1. The van der Waals surface area contributed by atoms with Gasteiger partial charge in [0.15, 0.2) is 11.6 Å². The highest BCUT2D eigenvalue weighted by Crippen LogP contribution is 2.23. The van der Waals surface area contributed by atoms with Gasteiger partial charge in [-0.05, 0) is 43.4 Å². The van der Waals surface area contributed by atoms with Crippen LogP contribution in [0.2, 0.25) is 0 Å². The van der Waals surface area contributed by atoms with E-state index in [4.69, 9.17) is 4.74 Å². The van der Waals surface area contributed by atoms with E-state index in [-0.39, 0.29) is 12.3 Å². The summed E-state index contributed by atoms with van der Waals surface area (Å²) in [6.07, 6.45) is 4.21. The van der Waals surface area contributed by atoms with Crippen LogP contribution in [0.1, 0.15) is 41.7 Å². The van der Waals surface area contributed by atoms with Crippen LogP contribution in [0.4, 0.5) is 4.39 Å². The molecule has 0 saturated heterocycles. The molecule has 1 aliphatic carbocycles. The summed E-state index contributed by atoms with van der Waals surface area (Å²) in [6, 6.07) is 3.12. The van der Waals surface area contributed by atoms with Gasteiger partial charge in [-0.15, -0.1) is 0 Å². The Labute approximate surface area is 139 Å². The van der Waals surface area contributed by atoms with Gasteiger partial charge in [-0.1, -0.05) is 6.07 Å². The number of benzene rings is 1. The van der Waals surface area contributed by atoms with E-state index in [1.54, 1.807) is 6.07 Å². The van der Waals surface area contributed by atoms with Crippen LogP contribution >= 0.6 is 0 Å². The van der Waals surface area contributed by atoms with Crippen LogP contribution < -0.4 is 10.1 Å². The minimum absolute atomic E-state index is 0.0848. The minimum atomic E-state index is -1.07. The van der Waals surface area contributed by atoms with Gasteiger partial charge in [0.05, 0.1) is 19.3 Å². The Morgan fingerprint density at radius 1 is 1.46 bits per heavy atom. The number of methoxy groups -OCH3 is 1. The van der Waals surface area contributed by atoms with Crippen molar-refractivity contribution >= 4 is 5.97 Å². The van der Waals surface area contributed by atoms with Gasteiger partial charge in [-0.25, -0.2) is 9.37 Å². The summed E-state index contributed by atoms with van der Waals surface area (Å²) in [6.45, 7) is 0.275. The summed E-state index contributed by atoms with van der Waals surface area (Å²) >= 11 is 0. The van der Waals surface area contributed by atoms with Crippen molar-refractivity contribution in [1.29, 1.82) is 0 Å². The first-order valence-corrected chi connectivity index (χ1v) is 7.94. The summed E-state index contributed by atoms with van der Waals surface area (Å²) in [4.78, 5) is 19.3. The number of nitrogens with zero attached hydrogens (tertiary/aromatic N) is 1. The van der Waals surface area contributed by atoms with Gasteiger partial charge in [-0.2, -0.15) is 0 Å². The zero-order chi connectivity index (χ0) is 17.1. The van der Waals surface area contributed by atoms with Crippen LogP contribution in [0.5, 0.6) is 5.75 Å². The van der Waals surface area contributed by atoms with Crippen molar-refractivity contribution in [3.05, 3.63) is 46.8 Å². The van der Waals surface area contributed by atoms with Crippen molar-refractivity contribution < 1.29 is 19.0 Å². The van der Waals surface area contributed by atoms with E-state index in [2.05, 4.69) is 15.3 Å². The van der Waals surface area contributed by atoms with E-state index >= 15 is 0 Å². The number of H-pyrrole nitrogens is 1. The van der Waals surface area contributed by atoms with Gasteiger partial charge in [0.25, 0.3) is 0 Å². The maximum absolute atomic E-state index is 13.8. The number of aromatic nitrogens is 2. The molecule has 0 fully saturated rings. The smallest absolute Gasteiger partial charge is 0.325 e. The fourth-order valence-corrected chi connectivity index (χ4v) is 3.00.